The molecule has 0 aliphatic heterocycles. The molecule has 0 fully saturated rings. The maximum atomic E-state index is 10.6. The molecule has 0 bridgehead atoms. The highest BCUT2D eigenvalue weighted by atomic mass is 35.5. The minimum absolute atomic E-state index is 0.555. The van der Waals surface area contributed by atoms with Crippen LogP contribution in [0.3, 0.4) is 0 Å². The van der Waals surface area contributed by atoms with Crippen LogP contribution in [-0.2, 0) is 11.3 Å². The molecule has 0 aliphatic carbocycles. The Balaban J connectivity index is 2.34. The lowest BCUT2D eigenvalue weighted by Gasteiger charge is -2.08. The van der Waals surface area contributed by atoms with E-state index in [1.807, 2.05) is 42.8 Å². The summed E-state index contributed by atoms with van der Waals surface area (Å²) < 4.78 is 1.82. The minimum Gasteiger partial charge on any atom is -0.478 e. The Morgan fingerprint density at radius 3 is 2.70 bits per heavy atom. The Morgan fingerprint density at radius 2 is 2.10 bits per heavy atom. The van der Waals surface area contributed by atoms with Gasteiger partial charge in [0.2, 0.25) is 0 Å². The van der Waals surface area contributed by atoms with Crippen molar-refractivity contribution in [1.82, 2.24) is 9.78 Å². The normalized spacial score (nSPS) is 11.2. The molecule has 0 amide bonds. The molecule has 20 heavy (non-hydrogen) atoms. The Kier molecular flexibility index (Phi) is 4.25. The molecule has 0 saturated carbocycles. The fourth-order valence-corrected chi connectivity index (χ4v) is 2.13. The van der Waals surface area contributed by atoms with Gasteiger partial charge in [-0.3, -0.25) is 4.68 Å². The van der Waals surface area contributed by atoms with Crippen molar-refractivity contribution in [3.63, 3.8) is 0 Å². The number of aliphatic carboxylic acids is 1. The third kappa shape index (κ3) is 3.08. The van der Waals surface area contributed by atoms with E-state index in [0.717, 1.165) is 28.6 Å². The number of carboxylic acids is 1. The van der Waals surface area contributed by atoms with Gasteiger partial charge < -0.3 is 5.11 Å². The molecule has 0 aliphatic rings. The number of aryl methyl sites for hydroxylation is 1. The zero-order valence-electron chi connectivity index (χ0n) is 11.3. The summed E-state index contributed by atoms with van der Waals surface area (Å²) in [6.45, 7) is 4.33. The molecule has 104 valence electrons. The van der Waals surface area contributed by atoms with Crippen molar-refractivity contribution in [3.8, 4) is 0 Å². The second kappa shape index (κ2) is 5.92. The monoisotopic (exact) mass is 290 g/mol. The van der Waals surface area contributed by atoms with E-state index in [1.165, 1.54) is 0 Å². The highest BCUT2D eigenvalue weighted by Gasteiger charge is 2.10. The zero-order valence-corrected chi connectivity index (χ0v) is 12.1. The number of nitrogens with zero attached hydrogens (tertiary/aromatic N) is 2. The lowest BCUT2D eigenvalue weighted by Crippen LogP contribution is -2.05. The summed E-state index contributed by atoms with van der Waals surface area (Å²) in [5, 5.41) is 13.8. The van der Waals surface area contributed by atoms with Crippen molar-refractivity contribution in [2.75, 3.05) is 0 Å². The van der Waals surface area contributed by atoms with E-state index in [4.69, 9.17) is 16.7 Å². The zero-order chi connectivity index (χ0) is 14.7. The van der Waals surface area contributed by atoms with Crippen LogP contribution < -0.4 is 0 Å². The van der Waals surface area contributed by atoms with Gasteiger partial charge in [-0.1, -0.05) is 35.9 Å². The summed E-state index contributed by atoms with van der Waals surface area (Å²) in [6, 6.07) is 7.62. The van der Waals surface area contributed by atoms with Gasteiger partial charge in [0.1, 0.15) is 0 Å². The summed E-state index contributed by atoms with van der Waals surface area (Å²) in [7, 11) is 0. The summed E-state index contributed by atoms with van der Waals surface area (Å²) in [4.78, 5) is 10.6. The van der Waals surface area contributed by atoms with Gasteiger partial charge in [0.05, 0.1) is 23.0 Å². The molecule has 4 nitrogen and oxygen atoms in total. The lowest BCUT2D eigenvalue weighted by atomic mass is 10.1. The predicted octanol–water partition coefficient (Wildman–Crippen LogP) is 3.30. The molecule has 2 rings (SSSR count). The van der Waals surface area contributed by atoms with Gasteiger partial charge in [-0.15, -0.1) is 0 Å². The summed E-state index contributed by atoms with van der Waals surface area (Å²) >= 11 is 6.13. The molecule has 1 aromatic heterocycles. The van der Waals surface area contributed by atoms with Gasteiger partial charge >= 0.3 is 5.97 Å². The largest absolute Gasteiger partial charge is 0.478 e. The van der Waals surface area contributed by atoms with Gasteiger partial charge in [-0.25, -0.2) is 4.79 Å². The van der Waals surface area contributed by atoms with Gasteiger partial charge in [0.25, 0.3) is 0 Å². The first-order valence-electron chi connectivity index (χ1n) is 6.17. The van der Waals surface area contributed by atoms with E-state index in [-0.39, 0.29) is 0 Å². The number of carbonyl (C=O) groups is 1. The SMILES string of the molecule is Cc1nn(Cc2ccccc2C=CC(=O)O)c(C)c1Cl. The standard InChI is InChI=1S/C15H15ClN2O2/c1-10-15(16)11(2)18(17-10)9-13-6-4-3-5-12(13)7-8-14(19)20/h3-8H,9H2,1-2H3,(H,19,20). The van der Waals surface area contributed by atoms with E-state index in [1.54, 1.807) is 6.08 Å². The van der Waals surface area contributed by atoms with Crippen LogP contribution in [0, 0.1) is 13.8 Å². The van der Waals surface area contributed by atoms with Crippen LogP contribution in [0.2, 0.25) is 5.02 Å². The van der Waals surface area contributed by atoms with Gasteiger partial charge in [0, 0.05) is 6.08 Å². The van der Waals surface area contributed by atoms with Crippen LogP contribution >= 0.6 is 11.6 Å². The number of hydrogen-bond donors (Lipinski definition) is 1. The van der Waals surface area contributed by atoms with E-state index in [0.29, 0.717) is 11.6 Å². The second-order valence-electron chi connectivity index (χ2n) is 4.51. The molecular formula is C15H15ClN2O2. The summed E-state index contributed by atoms with van der Waals surface area (Å²) in [5.74, 6) is -0.964. The molecule has 5 heteroatoms. The number of carboxylic acid groups (broad SMARTS) is 1. The molecule has 0 spiro atoms. The first-order valence-corrected chi connectivity index (χ1v) is 6.55. The number of benzene rings is 1. The van der Waals surface area contributed by atoms with E-state index >= 15 is 0 Å². The Hall–Kier alpha value is -2.07. The highest BCUT2D eigenvalue weighted by Crippen LogP contribution is 2.21. The van der Waals surface area contributed by atoms with Gasteiger partial charge in [0.15, 0.2) is 0 Å². The van der Waals surface area contributed by atoms with Crippen molar-refractivity contribution >= 4 is 23.6 Å². The van der Waals surface area contributed by atoms with Crippen LogP contribution in [0.25, 0.3) is 6.08 Å². The first-order chi connectivity index (χ1) is 9.49. The number of halogens is 1. The molecule has 1 heterocycles. The molecule has 1 N–H and O–H groups in total. The number of rotatable bonds is 4. The summed E-state index contributed by atoms with van der Waals surface area (Å²) in [6.07, 6.45) is 2.72. The highest BCUT2D eigenvalue weighted by molar-refractivity contribution is 6.31. The van der Waals surface area contributed by atoms with E-state index in [2.05, 4.69) is 5.10 Å². The van der Waals surface area contributed by atoms with Crippen molar-refractivity contribution in [3.05, 3.63) is 57.9 Å². The third-order valence-corrected chi connectivity index (χ3v) is 3.62. The number of hydrogen-bond acceptors (Lipinski definition) is 2. The smallest absolute Gasteiger partial charge is 0.328 e. The lowest BCUT2D eigenvalue weighted by molar-refractivity contribution is -0.131. The molecule has 2 aromatic rings. The molecule has 0 saturated heterocycles. The topological polar surface area (TPSA) is 55.1 Å². The Bertz CT molecular complexity index is 675. The molecule has 1 aromatic carbocycles. The van der Waals surface area contributed by atoms with Crippen LogP contribution in [0.15, 0.2) is 30.3 Å². The second-order valence-corrected chi connectivity index (χ2v) is 4.89. The molecule has 0 atom stereocenters. The van der Waals surface area contributed by atoms with E-state index in [9.17, 15) is 4.79 Å². The number of aromatic nitrogens is 2. The summed E-state index contributed by atoms with van der Waals surface area (Å²) in [5.41, 5.74) is 3.55. The molecule has 0 unspecified atom stereocenters. The van der Waals surface area contributed by atoms with Crippen molar-refractivity contribution in [2.45, 2.75) is 20.4 Å². The van der Waals surface area contributed by atoms with E-state index < -0.39 is 5.97 Å². The van der Waals surface area contributed by atoms with Crippen LogP contribution in [0.4, 0.5) is 0 Å². The average molecular weight is 291 g/mol. The van der Waals surface area contributed by atoms with Crippen LogP contribution in [0.5, 0.6) is 0 Å². The average Bonchev–Trinajstić information content (AvgIpc) is 2.65. The van der Waals surface area contributed by atoms with Crippen LogP contribution in [0.1, 0.15) is 22.5 Å². The maximum Gasteiger partial charge on any atom is 0.328 e. The van der Waals surface area contributed by atoms with Gasteiger partial charge in [-0.2, -0.15) is 5.10 Å². The fraction of sp³-hybridized carbons (Fsp3) is 0.200. The quantitative estimate of drug-likeness (QED) is 0.879. The van der Waals surface area contributed by atoms with Crippen LogP contribution in [-0.4, -0.2) is 20.9 Å². The van der Waals surface area contributed by atoms with Crippen molar-refractivity contribution < 1.29 is 9.90 Å². The third-order valence-electron chi connectivity index (χ3n) is 3.07. The van der Waals surface area contributed by atoms with Gasteiger partial charge in [-0.05, 0) is 31.1 Å². The molecular weight excluding hydrogens is 276 g/mol. The minimum atomic E-state index is -0.964. The van der Waals surface area contributed by atoms with Crippen molar-refractivity contribution in [1.29, 1.82) is 0 Å². The van der Waals surface area contributed by atoms with Crippen molar-refractivity contribution in [2.24, 2.45) is 0 Å². The Morgan fingerprint density at radius 1 is 1.40 bits per heavy atom. The molecule has 0 radical (unpaired) electrons. The first kappa shape index (κ1) is 14.3. The maximum absolute atomic E-state index is 10.6. The fourth-order valence-electron chi connectivity index (χ4n) is 1.99. The predicted molar refractivity (Wildman–Crippen MR) is 78.9 cm³/mol. The Labute approximate surface area is 122 Å².